The molecule has 1 heterocycles. The van der Waals surface area contributed by atoms with Gasteiger partial charge in [0.25, 0.3) is 0 Å². The normalized spacial score (nSPS) is 10.8. The molecule has 0 saturated carbocycles. The molecule has 0 aliphatic heterocycles. The quantitative estimate of drug-likeness (QED) is 0.217. The van der Waals surface area contributed by atoms with Crippen molar-refractivity contribution in [2.45, 2.75) is 49.2 Å². The predicted octanol–water partition coefficient (Wildman–Crippen LogP) is 5.36. The van der Waals surface area contributed by atoms with Crippen LogP contribution < -0.4 is 5.32 Å². The molecule has 34 heavy (non-hydrogen) atoms. The number of aromatic nitrogens is 3. The highest BCUT2D eigenvalue weighted by Crippen LogP contribution is 2.25. The summed E-state index contributed by atoms with van der Waals surface area (Å²) in [5.41, 5.74) is 2.14. The summed E-state index contributed by atoms with van der Waals surface area (Å²) in [5, 5.41) is 12.1. The third kappa shape index (κ3) is 7.50. The van der Waals surface area contributed by atoms with Crippen molar-refractivity contribution in [1.82, 2.24) is 14.8 Å². The van der Waals surface area contributed by atoms with Gasteiger partial charge >= 0.3 is 5.97 Å². The van der Waals surface area contributed by atoms with Gasteiger partial charge in [-0.2, -0.15) is 0 Å². The fourth-order valence-corrected chi connectivity index (χ4v) is 4.57. The van der Waals surface area contributed by atoms with E-state index in [2.05, 4.69) is 53.3 Å². The van der Waals surface area contributed by atoms with E-state index in [-0.39, 0.29) is 17.8 Å². The molecule has 2 aromatic carbocycles. The monoisotopic (exact) mass is 496 g/mol. The fourth-order valence-electron chi connectivity index (χ4n) is 2.96. The van der Waals surface area contributed by atoms with Gasteiger partial charge in [0.15, 0.2) is 5.16 Å². The van der Waals surface area contributed by atoms with Crippen molar-refractivity contribution in [3.05, 3.63) is 78.1 Å². The molecule has 0 bridgehead atoms. The predicted molar refractivity (Wildman–Crippen MR) is 137 cm³/mol. The largest absolute Gasteiger partial charge is 0.459 e. The van der Waals surface area contributed by atoms with Crippen LogP contribution in [0.5, 0.6) is 0 Å². The average Bonchev–Trinajstić information content (AvgIpc) is 3.19. The van der Waals surface area contributed by atoms with Gasteiger partial charge in [-0.05, 0) is 51.1 Å². The highest BCUT2D eigenvalue weighted by atomic mass is 32.2. The molecule has 1 N–H and O–H groups in total. The molecular weight excluding hydrogens is 468 g/mol. The van der Waals surface area contributed by atoms with Crippen LogP contribution in [0.4, 0.5) is 5.69 Å². The van der Waals surface area contributed by atoms with Crippen molar-refractivity contribution < 1.29 is 14.3 Å². The van der Waals surface area contributed by atoms with E-state index in [4.69, 9.17) is 4.74 Å². The molecule has 0 aliphatic rings. The molecule has 0 unspecified atom stereocenters. The summed E-state index contributed by atoms with van der Waals surface area (Å²) in [6, 6.07) is 15.0. The number of anilines is 1. The van der Waals surface area contributed by atoms with E-state index >= 15 is 0 Å². The fraction of sp³-hybridized carbons (Fsp3) is 0.280. The molecule has 7 nitrogen and oxygen atoms in total. The number of nitrogens with zero attached hydrogens (tertiary/aromatic N) is 3. The number of ether oxygens (including phenoxy) is 1. The number of carbonyl (C=O) groups is 2. The second kappa shape index (κ2) is 12.4. The lowest BCUT2D eigenvalue weighted by atomic mass is 10.2. The third-order valence-corrected chi connectivity index (χ3v) is 6.53. The minimum absolute atomic E-state index is 0.154. The SMILES string of the molecule is C=CCn1c(CSc2ccc(C)cc2)nnc1SCC(=O)Nc1cccc(C(=O)OC(C)C)c1. The van der Waals surface area contributed by atoms with E-state index in [1.54, 1.807) is 56.0 Å². The van der Waals surface area contributed by atoms with Crippen molar-refractivity contribution in [2.24, 2.45) is 0 Å². The van der Waals surface area contributed by atoms with Gasteiger partial charge in [-0.25, -0.2) is 4.79 Å². The van der Waals surface area contributed by atoms with Crippen LogP contribution >= 0.6 is 23.5 Å². The van der Waals surface area contributed by atoms with Crippen LogP contribution in [0.1, 0.15) is 35.6 Å². The number of nitrogens with one attached hydrogen (secondary N) is 1. The molecule has 0 spiro atoms. The second-order valence-electron chi connectivity index (χ2n) is 7.77. The summed E-state index contributed by atoms with van der Waals surface area (Å²) in [6.07, 6.45) is 1.57. The van der Waals surface area contributed by atoms with Crippen molar-refractivity contribution >= 4 is 41.1 Å². The maximum absolute atomic E-state index is 12.5. The Morgan fingerprint density at radius 2 is 1.91 bits per heavy atom. The Labute approximate surface area is 208 Å². The maximum atomic E-state index is 12.5. The van der Waals surface area contributed by atoms with Crippen LogP contribution in [0, 0.1) is 6.92 Å². The zero-order valence-corrected chi connectivity index (χ0v) is 21.1. The minimum Gasteiger partial charge on any atom is -0.459 e. The van der Waals surface area contributed by atoms with Crippen LogP contribution in [-0.4, -0.2) is 38.5 Å². The van der Waals surface area contributed by atoms with Crippen molar-refractivity contribution in [3.8, 4) is 0 Å². The zero-order valence-electron chi connectivity index (χ0n) is 19.5. The van der Waals surface area contributed by atoms with Gasteiger partial charge in [-0.1, -0.05) is 41.6 Å². The average molecular weight is 497 g/mol. The number of carbonyl (C=O) groups excluding carboxylic acids is 2. The van der Waals surface area contributed by atoms with Crippen LogP contribution in [0.3, 0.4) is 0 Å². The summed E-state index contributed by atoms with van der Waals surface area (Å²) in [4.78, 5) is 25.8. The van der Waals surface area contributed by atoms with Crippen molar-refractivity contribution in [2.75, 3.05) is 11.1 Å². The van der Waals surface area contributed by atoms with Gasteiger partial charge in [0.05, 0.1) is 23.2 Å². The molecule has 0 radical (unpaired) electrons. The van der Waals surface area contributed by atoms with Gasteiger partial charge in [0, 0.05) is 17.1 Å². The van der Waals surface area contributed by atoms with Gasteiger partial charge in [-0.3, -0.25) is 4.79 Å². The molecule has 0 atom stereocenters. The summed E-state index contributed by atoms with van der Waals surface area (Å²) in [5.74, 6) is 1.01. The third-order valence-electron chi connectivity index (χ3n) is 4.55. The number of benzene rings is 2. The first-order chi connectivity index (χ1) is 16.4. The number of hydrogen-bond donors (Lipinski definition) is 1. The van der Waals surface area contributed by atoms with Crippen LogP contribution in [0.2, 0.25) is 0 Å². The molecule has 9 heteroatoms. The number of thioether (sulfide) groups is 2. The highest BCUT2D eigenvalue weighted by molar-refractivity contribution is 7.99. The Morgan fingerprint density at radius 3 is 2.62 bits per heavy atom. The van der Waals surface area contributed by atoms with E-state index in [1.807, 2.05) is 4.57 Å². The van der Waals surface area contributed by atoms with Crippen molar-refractivity contribution in [3.63, 3.8) is 0 Å². The van der Waals surface area contributed by atoms with Gasteiger partial charge in [-0.15, -0.1) is 28.5 Å². The number of esters is 1. The molecular formula is C25H28N4O3S2. The lowest BCUT2D eigenvalue weighted by Crippen LogP contribution is -2.16. The molecule has 1 amide bonds. The van der Waals surface area contributed by atoms with Gasteiger partial charge < -0.3 is 14.6 Å². The van der Waals surface area contributed by atoms with Crippen LogP contribution in [-0.2, 0) is 21.8 Å². The zero-order chi connectivity index (χ0) is 24.5. The Balaban J connectivity index is 1.59. The molecule has 0 saturated heterocycles. The molecule has 3 rings (SSSR count). The first-order valence-electron chi connectivity index (χ1n) is 10.8. The Hall–Kier alpha value is -3.04. The Bertz CT molecular complexity index is 1140. The first kappa shape index (κ1) is 25.6. The smallest absolute Gasteiger partial charge is 0.338 e. The molecule has 3 aromatic rings. The van der Waals surface area contributed by atoms with E-state index < -0.39 is 5.97 Å². The topological polar surface area (TPSA) is 86.1 Å². The minimum atomic E-state index is -0.422. The number of rotatable bonds is 11. The van der Waals surface area contributed by atoms with E-state index in [0.717, 1.165) is 10.7 Å². The summed E-state index contributed by atoms with van der Waals surface area (Å²) >= 11 is 2.99. The molecule has 178 valence electrons. The Kier molecular flexibility index (Phi) is 9.35. The number of hydrogen-bond acceptors (Lipinski definition) is 7. The summed E-state index contributed by atoms with van der Waals surface area (Å²) in [7, 11) is 0. The van der Waals surface area contributed by atoms with E-state index in [0.29, 0.717) is 28.7 Å². The van der Waals surface area contributed by atoms with Gasteiger partial charge in [0.2, 0.25) is 5.91 Å². The van der Waals surface area contributed by atoms with E-state index in [1.165, 1.54) is 17.3 Å². The number of amides is 1. The molecule has 0 aliphatic carbocycles. The van der Waals surface area contributed by atoms with Crippen LogP contribution in [0.25, 0.3) is 0 Å². The molecule has 0 fully saturated rings. The van der Waals surface area contributed by atoms with Crippen molar-refractivity contribution in [1.29, 1.82) is 0 Å². The van der Waals surface area contributed by atoms with E-state index in [9.17, 15) is 9.59 Å². The van der Waals surface area contributed by atoms with Gasteiger partial charge in [0.1, 0.15) is 5.82 Å². The summed E-state index contributed by atoms with van der Waals surface area (Å²) < 4.78 is 7.18. The molecule has 1 aromatic heterocycles. The number of allylic oxidation sites excluding steroid dienone is 1. The highest BCUT2D eigenvalue weighted by Gasteiger charge is 2.15. The number of aryl methyl sites for hydroxylation is 1. The Morgan fingerprint density at radius 1 is 1.15 bits per heavy atom. The van der Waals surface area contributed by atoms with Crippen LogP contribution in [0.15, 0.2) is 71.2 Å². The lowest BCUT2D eigenvalue weighted by Gasteiger charge is -2.10. The standard InChI is InChI=1S/C25H28N4O3S2/c1-5-13-29-22(15-33-21-11-9-18(4)10-12-21)27-28-25(29)34-16-23(30)26-20-8-6-7-19(14-20)24(31)32-17(2)3/h5-12,14,17H,1,13,15-16H2,2-4H3,(H,26,30). The second-order valence-corrected chi connectivity index (χ2v) is 9.76. The first-order valence-corrected chi connectivity index (χ1v) is 12.8. The maximum Gasteiger partial charge on any atom is 0.338 e. The summed E-state index contributed by atoms with van der Waals surface area (Å²) in [6.45, 7) is 10.0. The lowest BCUT2D eigenvalue weighted by molar-refractivity contribution is -0.113.